The number of hydrogen-bond donors (Lipinski definition) is 0. The molecule has 0 unspecified atom stereocenters. The van der Waals surface area contributed by atoms with Crippen molar-refractivity contribution < 1.29 is 0 Å². The molecule has 0 radical (unpaired) electrons. The molecule has 1 aliphatic rings. The third kappa shape index (κ3) is 4.04. The molecule has 0 amide bonds. The molecule has 9 aromatic rings. The van der Waals surface area contributed by atoms with Crippen LogP contribution in [-0.4, -0.2) is 0 Å². The van der Waals surface area contributed by atoms with Crippen LogP contribution in [0.2, 0.25) is 0 Å². The molecule has 0 aromatic heterocycles. The van der Waals surface area contributed by atoms with Crippen molar-refractivity contribution in [3.63, 3.8) is 0 Å². The molecule has 9 aromatic carbocycles. The lowest BCUT2D eigenvalue weighted by atomic mass is 9.80. The monoisotopic (exact) mass is 622 g/mol. The van der Waals surface area contributed by atoms with Gasteiger partial charge in [-0.25, -0.2) is 0 Å². The molecule has 0 nitrogen and oxygen atoms in total. The zero-order valence-electron chi connectivity index (χ0n) is 27.7. The summed E-state index contributed by atoms with van der Waals surface area (Å²) in [6, 6.07) is 63.1. The van der Waals surface area contributed by atoms with Crippen LogP contribution in [0, 0.1) is 0 Å². The first-order valence-corrected chi connectivity index (χ1v) is 17.3. The van der Waals surface area contributed by atoms with Gasteiger partial charge in [0.2, 0.25) is 0 Å². The fourth-order valence-corrected chi connectivity index (χ4v) is 8.80. The lowest BCUT2D eigenvalue weighted by Gasteiger charge is -2.23. The maximum Gasteiger partial charge on any atom is 0.0159 e. The van der Waals surface area contributed by atoms with Crippen LogP contribution in [-0.2, 0) is 5.41 Å². The Labute approximate surface area is 286 Å². The predicted molar refractivity (Wildman–Crippen MR) is 210 cm³/mol. The van der Waals surface area contributed by atoms with Crippen molar-refractivity contribution >= 4 is 43.1 Å². The molecular formula is C49H34. The van der Waals surface area contributed by atoms with Crippen molar-refractivity contribution in [2.24, 2.45) is 0 Å². The topological polar surface area (TPSA) is 0 Å². The summed E-state index contributed by atoms with van der Waals surface area (Å²) in [5.41, 5.74) is 13.1. The molecule has 10 rings (SSSR count). The van der Waals surface area contributed by atoms with Gasteiger partial charge in [-0.1, -0.05) is 172 Å². The van der Waals surface area contributed by atoms with Crippen molar-refractivity contribution in [2.75, 3.05) is 0 Å². The van der Waals surface area contributed by atoms with E-state index in [1.807, 2.05) is 0 Å². The average Bonchev–Trinajstić information content (AvgIpc) is 3.39. The third-order valence-corrected chi connectivity index (χ3v) is 11.0. The number of hydrogen-bond acceptors (Lipinski definition) is 0. The molecule has 0 bridgehead atoms. The van der Waals surface area contributed by atoms with Crippen LogP contribution >= 0.6 is 0 Å². The van der Waals surface area contributed by atoms with Crippen LogP contribution in [0.15, 0.2) is 170 Å². The van der Waals surface area contributed by atoms with Crippen molar-refractivity contribution in [2.45, 2.75) is 19.3 Å². The van der Waals surface area contributed by atoms with Gasteiger partial charge in [-0.05, 0) is 111 Å². The number of benzene rings is 9. The summed E-state index contributed by atoms with van der Waals surface area (Å²) in [7, 11) is 0. The quantitative estimate of drug-likeness (QED) is 0.172. The molecule has 1 aliphatic carbocycles. The lowest BCUT2D eigenvalue weighted by Crippen LogP contribution is -2.15. The van der Waals surface area contributed by atoms with Gasteiger partial charge < -0.3 is 0 Å². The summed E-state index contributed by atoms with van der Waals surface area (Å²) in [4.78, 5) is 0. The van der Waals surface area contributed by atoms with E-state index in [4.69, 9.17) is 0 Å². The second kappa shape index (κ2) is 10.5. The van der Waals surface area contributed by atoms with Gasteiger partial charge in [0.1, 0.15) is 0 Å². The SMILES string of the molecule is CC1(C)c2ccccc2-c2c1cc(-c1cccc(-c3c4ccccc4c(-c4cccc5ccccc45)c4ccccc34)c1)c1ccccc21. The smallest absolute Gasteiger partial charge is 0.0159 e. The average molecular weight is 623 g/mol. The molecule has 0 N–H and O–H groups in total. The Balaban J connectivity index is 1.25. The second-order valence-electron chi connectivity index (χ2n) is 14.0. The Morgan fingerprint density at radius 3 is 1.51 bits per heavy atom. The Kier molecular flexibility index (Phi) is 6.02. The van der Waals surface area contributed by atoms with Crippen LogP contribution in [0.25, 0.3) is 87.6 Å². The summed E-state index contributed by atoms with van der Waals surface area (Å²) < 4.78 is 0. The Bertz CT molecular complexity index is 2730. The summed E-state index contributed by atoms with van der Waals surface area (Å²) in [5.74, 6) is 0. The molecule has 0 heterocycles. The van der Waals surface area contributed by atoms with E-state index in [9.17, 15) is 0 Å². The van der Waals surface area contributed by atoms with Crippen molar-refractivity contribution in [1.29, 1.82) is 0 Å². The highest BCUT2D eigenvalue weighted by Crippen LogP contribution is 2.53. The van der Waals surface area contributed by atoms with Gasteiger partial charge in [0.25, 0.3) is 0 Å². The van der Waals surface area contributed by atoms with Crippen LogP contribution in [0.4, 0.5) is 0 Å². The van der Waals surface area contributed by atoms with Gasteiger partial charge in [0.05, 0.1) is 0 Å². The summed E-state index contributed by atoms with van der Waals surface area (Å²) >= 11 is 0. The standard InChI is InChI=1S/C49H34/c1-49(2)44-28-12-11-26-42(44)48-37-21-6-5-20-35(37)43(30-45(48)49)32-17-13-18-33(29-32)46-38-22-7-9-24-40(38)47(41-25-10-8-23-39(41)46)36-27-14-16-31-15-3-4-19-34(31)36/h3-30H,1-2H3. The Hall–Kier alpha value is -5.98. The number of rotatable bonds is 3. The minimum atomic E-state index is -0.0772. The van der Waals surface area contributed by atoms with Crippen LogP contribution in [0.1, 0.15) is 25.0 Å². The highest BCUT2D eigenvalue weighted by Gasteiger charge is 2.37. The van der Waals surface area contributed by atoms with Gasteiger partial charge >= 0.3 is 0 Å². The van der Waals surface area contributed by atoms with Gasteiger partial charge in [0.15, 0.2) is 0 Å². The van der Waals surface area contributed by atoms with Gasteiger partial charge in [-0.2, -0.15) is 0 Å². The summed E-state index contributed by atoms with van der Waals surface area (Å²) in [5, 5.41) is 10.3. The minimum absolute atomic E-state index is 0.0772. The van der Waals surface area contributed by atoms with Crippen LogP contribution in [0.5, 0.6) is 0 Å². The molecule has 230 valence electrons. The van der Waals surface area contributed by atoms with Crippen molar-refractivity contribution in [3.05, 3.63) is 181 Å². The summed E-state index contributed by atoms with van der Waals surface area (Å²) in [6.07, 6.45) is 0. The van der Waals surface area contributed by atoms with E-state index in [0.717, 1.165) is 0 Å². The first kappa shape index (κ1) is 28.1. The maximum atomic E-state index is 2.48. The molecule has 0 saturated carbocycles. The van der Waals surface area contributed by atoms with Crippen LogP contribution in [0.3, 0.4) is 0 Å². The fraction of sp³-hybridized carbons (Fsp3) is 0.0612. The number of fused-ring (bicyclic) bond motifs is 8. The molecule has 0 atom stereocenters. The van der Waals surface area contributed by atoms with E-state index >= 15 is 0 Å². The highest BCUT2D eigenvalue weighted by atomic mass is 14.4. The first-order chi connectivity index (χ1) is 24.1. The zero-order chi connectivity index (χ0) is 32.7. The largest absolute Gasteiger partial charge is 0.0619 e. The van der Waals surface area contributed by atoms with E-state index in [1.54, 1.807) is 0 Å². The molecular weight excluding hydrogens is 589 g/mol. The molecule has 0 spiro atoms. The third-order valence-electron chi connectivity index (χ3n) is 11.0. The van der Waals surface area contributed by atoms with E-state index in [0.29, 0.717) is 0 Å². The second-order valence-corrected chi connectivity index (χ2v) is 14.0. The fourth-order valence-electron chi connectivity index (χ4n) is 8.80. The minimum Gasteiger partial charge on any atom is -0.0619 e. The molecule has 0 saturated heterocycles. The van der Waals surface area contributed by atoms with Crippen molar-refractivity contribution in [1.82, 2.24) is 0 Å². The van der Waals surface area contributed by atoms with E-state index in [-0.39, 0.29) is 5.41 Å². The Morgan fingerprint density at radius 2 is 0.796 bits per heavy atom. The van der Waals surface area contributed by atoms with Crippen molar-refractivity contribution in [3.8, 4) is 44.5 Å². The summed E-state index contributed by atoms with van der Waals surface area (Å²) in [6.45, 7) is 4.75. The molecule has 0 heteroatoms. The van der Waals surface area contributed by atoms with E-state index < -0.39 is 0 Å². The molecule has 0 aliphatic heterocycles. The van der Waals surface area contributed by atoms with Gasteiger partial charge in [0, 0.05) is 5.41 Å². The van der Waals surface area contributed by atoms with Gasteiger partial charge in [-0.3, -0.25) is 0 Å². The first-order valence-electron chi connectivity index (χ1n) is 17.3. The molecule has 0 fully saturated rings. The van der Waals surface area contributed by atoms with Crippen LogP contribution < -0.4 is 0 Å². The normalized spacial score (nSPS) is 13.3. The maximum absolute atomic E-state index is 2.48. The predicted octanol–water partition coefficient (Wildman–Crippen LogP) is 13.6. The Morgan fingerprint density at radius 1 is 0.306 bits per heavy atom. The zero-order valence-corrected chi connectivity index (χ0v) is 27.7. The highest BCUT2D eigenvalue weighted by molar-refractivity contribution is 6.23. The molecule has 49 heavy (non-hydrogen) atoms. The van der Waals surface area contributed by atoms with Gasteiger partial charge in [-0.15, -0.1) is 0 Å². The van der Waals surface area contributed by atoms with E-state index in [1.165, 1.54) is 98.7 Å². The lowest BCUT2D eigenvalue weighted by molar-refractivity contribution is 0.661. The van der Waals surface area contributed by atoms with E-state index in [2.05, 4.69) is 184 Å².